The van der Waals surface area contributed by atoms with Gasteiger partial charge in [0.25, 0.3) is 0 Å². The molecule has 0 amide bonds. The van der Waals surface area contributed by atoms with Gasteiger partial charge in [0.05, 0.1) is 11.6 Å². The number of aromatic nitrogens is 1. The van der Waals surface area contributed by atoms with E-state index in [-0.39, 0.29) is 0 Å². The van der Waals surface area contributed by atoms with Gasteiger partial charge in [0, 0.05) is 12.7 Å². The third-order valence-electron chi connectivity index (χ3n) is 2.92. The van der Waals surface area contributed by atoms with E-state index in [4.69, 9.17) is 4.74 Å². The molecular weight excluding hydrogens is 304 g/mol. The molecule has 1 aromatic carbocycles. The van der Waals surface area contributed by atoms with Crippen molar-refractivity contribution < 1.29 is 4.74 Å². The van der Waals surface area contributed by atoms with E-state index < -0.39 is 0 Å². The van der Waals surface area contributed by atoms with Crippen LogP contribution in [0.2, 0.25) is 0 Å². The van der Waals surface area contributed by atoms with Crippen LogP contribution < -0.4 is 10.1 Å². The molecule has 0 aliphatic rings. The van der Waals surface area contributed by atoms with Crippen LogP contribution in [0, 0.1) is 6.92 Å². The lowest BCUT2D eigenvalue weighted by molar-refractivity contribution is 0.414. The molecule has 1 heterocycles. The minimum Gasteiger partial charge on any atom is -0.497 e. The van der Waals surface area contributed by atoms with Crippen molar-refractivity contribution in [3.8, 4) is 5.75 Å². The first kappa shape index (κ1) is 13.9. The molecular formula is C15H17BrN2O. The molecule has 4 heteroatoms. The van der Waals surface area contributed by atoms with Crippen LogP contribution in [0.4, 0.5) is 5.82 Å². The molecule has 1 N–H and O–H groups in total. The largest absolute Gasteiger partial charge is 0.497 e. The average molecular weight is 321 g/mol. The van der Waals surface area contributed by atoms with E-state index in [1.54, 1.807) is 7.11 Å². The predicted octanol–water partition coefficient (Wildman–Crippen LogP) is 3.82. The molecule has 2 aromatic rings. The summed E-state index contributed by atoms with van der Waals surface area (Å²) in [7, 11) is 1.69. The maximum absolute atomic E-state index is 5.21. The number of pyridine rings is 1. The van der Waals surface area contributed by atoms with E-state index in [1.807, 2.05) is 24.4 Å². The van der Waals surface area contributed by atoms with Gasteiger partial charge in [-0.2, -0.15) is 0 Å². The van der Waals surface area contributed by atoms with E-state index in [0.29, 0.717) is 0 Å². The fraction of sp³-hybridized carbons (Fsp3) is 0.267. The second-order valence-electron chi connectivity index (χ2n) is 4.32. The predicted molar refractivity (Wildman–Crippen MR) is 81.9 cm³/mol. The molecule has 0 saturated carbocycles. The molecule has 19 heavy (non-hydrogen) atoms. The lowest BCUT2D eigenvalue weighted by atomic mass is 10.1. The molecule has 0 bridgehead atoms. The summed E-state index contributed by atoms with van der Waals surface area (Å²) in [5, 5.41) is 3.34. The molecule has 0 aliphatic carbocycles. The van der Waals surface area contributed by atoms with Crippen LogP contribution in [0.3, 0.4) is 0 Å². The van der Waals surface area contributed by atoms with Gasteiger partial charge in [0.1, 0.15) is 11.6 Å². The average Bonchev–Trinajstić information content (AvgIpc) is 2.44. The first-order valence-corrected chi connectivity index (χ1v) is 6.98. The van der Waals surface area contributed by atoms with E-state index in [1.165, 1.54) is 11.1 Å². The lowest BCUT2D eigenvalue weighted by Crippen LogP contribution is -2.07. The molecule has 2 rings (SSSR count). The zero-order chi connectivity index (χ0) is 13.7. The summed E-state index contributed by atoms with van der Waals surface area (Å²) in [5.74, 6) is 1.79. The van der Waals surface area contributed by atoms with Crippen molar-refractivity contribution in [1.82, 2.24) is 4.98 Å². The molecule has 0 unspecified atom stereocenters. The number of hydrogen-bond acceptors (Lipinski definition) is 3. The number of hydrogen-bond donors (Lipinski definition) is 1. The highest BCUT2D eigenvalue weighted by Crippen LogP contribution is 2.23. The van der Waals surface area contributed by atoms with Gasteiger partial charge in [-0.05, 0) is 58.6 Å². The maximum atomic E-state index is 5.21. The zero-order valence-electron chi connectivity index (χ0n) is 11.1. The van der Waals surface area contributed by atoms with E-state index in [2.05, 4.69) is 45.3 Å². The van der Waals surface area contributed by atoms with Gasteiger partial charge in [-0.3, -0.25) is 0 Å². The minimum absolute atomic E-state index is 0.836. The van der Waals surface area contributed by atoms with Crippen LogP contribution in [-0.2, 0) is 6.42 Å². The van der Waals surface area contributed by atoms with Gasteiger partial charge < -0.3 is 10.1 Å². The fourth-order valence-electron chi connectivity index (χ4n) is 1.82. The Morgan fingerprint density at radius 1 is 1.32 bits per heavy atom. The zero-order valence-corrected chi connectivity index (χ0v) is 12.7. The van der Waals surface area contributed by atoms with Gasteiger partial charge in [0.2, 0.25) is 0 Å². The summed E-state index contributed by atoms with van der Waals surface area (Å²) < 4.78 is 6.24. The topological polar surface area (TPSA) is 34.1 Å². The van der Waals surface area contributed by atoms with E-state index in [0.717, 1.165) is 29.0 Å². The number of halogens is 1. The highest BCUT2D eigenvalue weighted by atomic mass is 79.9. The Labute approximate surface area is 122 Å². The van der Waals surface area contributed by atoms with Gasteiger partial charge in [-0.1, -0.05) is 12.1 Å². The number of aryl methyl sites for hydroxylation is 1. The SMILES string of the molecule is COc1cccc(CCNc2nccc(C)c2Br)c1. The summed E-state index contributed by atoms with van der Waals surface area (Å²) in [5.41, 5.74) is 2.43. The second-order valence-corrected chi connectivity index (χ2v) is 5.11. The molecule has 3 nitrogen and oxygen atoms in total. The van der Waals surface area contributed by atoms with E-state index in [9.17, 15) is 0 Å². The number of anilines is 1. The summed E-state index contributed by atoms with van der Waals surface area (Å²) in [6.45, 7) is 2.89. The molecule has 0 saturated heterocycles. The van der Waals surface area contributed by atoms with Crippen LogP contribution in [-0.4, -0.2) is 18.6 Å². The van der Waals surface area contributed by atoms with Gasteiger partial charge in [-0.15, -0.1) is 0 Å². The van der Waals surface area contributed by atoms with E-state index >= 15 is 0 Å². The summed E-state index contributed by atoms with van der Waals surface area (Å²) in [6, 6.07) is 10.1. The van der Waals surface area contributed by atoms with Crippen molar-refractivity contribution in [2.45, 2.75) is 13.3 Å². The number of benzene rings is 1. The summed E-state index contributed by atoms with van der Waals surface area (Å²) in [4.78, 5) is 4.32. The Bertz CT molecular complexity index is 558. The second kappa shape index (κ2) is 6.57. The van der Waals surface area contributed by atoms with Crippen molar-refractivity contribution in [3.05, 3.63) is 52.1 Å². The summed E-state index contributed by atoms with van der Waals surface area (Å²) in [6.07, 6.45) is 2.74. The Kier molecular flexibility index (Phi) is 4.80. The van der Waals surface area contributed by atoms with Crippen LogP contribution in [0.25, 0.3) is 0 Å². The maximum Gasteiger partial charge on any atom is 0.140 e. The number of ether oxygens (including phenoxy) is 1. The number of nitrogens with zero attached hydrogens (tertiary/aromatic N) is 1. The van der Waals surface area contributed by atoms with Crippen LogP contribution in [0.1, 0.15) is 11.1 Å². The lowest BCUT2D eigenvalue weighted by Gasteiger charge is -2.09. The van der Waals surface area contributed by atoms with Crippen LogP contribution in [0.5, 0.6) is 5.75 Å². The number of nitrogens with one attached hydrogen (secondary N) is 1. The number of rotatable bonds is 5. The van der Waals surface area contributed by atoms with Crippen molar-refractivity contribution in [3.63, 3.8) is 0 Å². The highest BCUT2D eigenvalue weighted by molar-refractivity contribution is 9.10. The monoisotopic (exact) mass is 320 g/mol. The minimum atomic E-state index is 0.836. The standard InChI is InChI=1S/C15H17BrN2O/c1-11-6-8-17-15(14(11)16)18-9-7-12-4-3-5-13(10-12)19-2/h3-6,8,10H,7,9H2,1-2H3,(H,17,18). The first-order chi connectivity index (χ1) is 9.20. The molecule has 0 spiro atoms. The molecule has 1 aromatic heterocycles. The Balaban J connectivity index is 1.94. The van der Waals surface area contributed by atoms with Gasteiger partial charge in [-0.25, -0.2) is 4.98 Å². The molecule has 0 fully saturated rings. The number of methoxy groups -OCH3 is 1. The smallest absolute Gasteiger partial charge is 0.140 e. The molecule has 0 radical (unpaired) electrons. The van der Waals surface area contributed by atoms with Crippen molar-refractivity contribution >= 4 is 21.7 Å². The Morgan fingerprint density at radius 2 is 2.16 bits per heavy atom. The van der Waals surface area contributed by atoms with Crippen LogP contribution >= 0.6 is 15.9 Å². The van der Waals surface area contributed by atoms with Crippen molar-refractivity contribution in [1.29, 1.82) is 0 Å². The molecule has 100 valence electrons. The third-order valence-corrected chi connectivity index (χ3v) is 3.92. The highest BCUT2D eigenvalue weighted by Gasteiger charge is 2.03. The Hall–Kier alpha value is -1.55. The summed E-state index contributed by atoms with van der Waals surface area (Å²) >= 11 is 3.54. The third kappa shape index (κ3) is 3.70. The first-order valence-electron chi connectivity index (χ1n) is 6.18. The fourth-order valence-corrected chi connectivity index (χ4v) is 2.19. The molecule has 0 aliphatic heterocycles. The molecule has 0 atom stereocenters. The van der Waals surface area contributed by atoms with Gasteiger partial charge >= 0.3 is 0 Å². The van der Waals surface area contributed by atoms with Crippen LogP contribution in [0.15, 0.2) is 41.0 Å². The Morgan fingerprint density at radius 3 is 2.95 bits per heavy atom. The quantitative estimate of drug-likeness (QED) is 0.909. The van der Waals surface area contributed by atoms with Crippen molar-refractivity contribution in [2.75, 3.05) is 19.0 Å². The van der Waals surface area contributed by atoms with Crippen molar-refractivity contribution in [2.24, 2.45) is 0 Å². The van der Waals surface area contributed by atoms with Gasteiger partial charge in [0.15, 0.2) is 0 Å². The normalized spacial score (nSPS) is 10.3.